The number of halogens is 2. The molecule has 0 fully saturated rings. The Hall–Kier alpha value is -1.55. The van der Waals surface area contributed by atoms with Crippen molar-refractivity contribution in [3.8, 4) is 0 Å². The quantitative estimate of drug-likeness (QED) is 0.833. The van der Waals surface area contributed by atoms with Crippen molar-refractivity contribution in [2.45, 2.75) is 23.6 Å². The molecule has 0 heterocycles. The molecular weight excluding hydrogens is 252 g/mol. The van der Waals surface area contributed by atoms with E-state index in [-0.39, 0.29) is 4.90 Å². The number of hydrogen-bond acceptors (Lipinski definition) is 1. The van der Waals surface area contributed by atoms with Gasteiger partial charge in [-0.15, -0.1) is 0 Å². The lowest BCUT2D eigenvalue weighted by atomic mass is 10.2. The summed E-state index contributed by atoms with van der Waals surface area (Å²) in [5, 5.41) is 0. The van der Waals surface area contributed by atoms with Crippen LogP contribution in [0.15, 0.2) is 46.2 Å². The maximum Gasteiger partial charge on any atom is 0.141 e. The van der Waals surface area contributed by atoms with E-state index >= 15 is 0 Å². The molecule has 18 heavy (non-hydrogen) atoms. The molecule has 0 saturated carbocycles. The lowest BCUT2D eigenvalue weighted by molar-refractivity contribution is 0.539. The van der Waals surface area contributed by atoms with E-state index in [0.29, 0.717) is 4.90 Å². The van der Waals surface area contributed by atoms with Crippen molar-refractivity contribution in [1.82, 2.24) is 0 Å². The van der Waals surface area contributed by atoms with Crippen molar-refractivity contribution >= 4 is 10.7 Å². The first kappa shape index (κ1) is 12.9. The summed E-state index contributed by atoms with van der Waals surface area (Å²) in [4.78, 5) is 0.538. The van der Waals surface area contributed by atoms with Crippen LogP contribution in [0.25, 0.3) is 0 Å². The van der Waals surface area contributed by atoms with Gasteiger partial charge in [-0.2, -0.15) is 0 Å². The smallest absolute Gasteiger partial charge is 0.141 e. The maximum atomic E-state index is 13.7. The highest BCUT2D eigenvalue weighted by Gasteiger charge is 2.17. The van der Waals surface area contributed by atoms with Gasteiger partial charge in [0.2, 0.25) is 0 Å². The zero-order valence-corrected chi connectivity index (χ0v) is 10.9. The molecule has 0 aliphatic rings. The van der Waals surface area contributed by atoms with Crippen molar-refractivity contribution in [2.75, 3.05) is 0 Å². The third-order valence-electron chi connectivity index (χ3n) is 2.74. The molecule has 1 N–H and O–H groups in total. The average Bonchev–Trinajstić information content (AvgIpc) is 2.28. The monoisotopic (exact) mass is 265 g/mol. The summed E-state index contributed by atoms with van der Waals surface area (Å²) >= 11 is 0. The topological polar surface area (TPSA) is 23.9 Å². The zero-order chi connectivity index (χ0) is 13.3. The Balaban J connectivity index is 2.63. The van der Waals surface area contributed by atoms with Gasteiger partial charge in [-0.25, -0.2) is 8.78 Å². The van der Waals surface area contributed by atoms with Crippen molar-refractivity contribution in [3.63, 3.8) is 0 Å². The minimum absolute atomic E-state index is 0.157. The maximum absolute atomic E-state index is 13.7. The van der Waals surface area contributed by atoms with Crippen molar-refractivity contribution < 1.29 is 8.78 Å². The number of rotatable bonds is 2. The minimum atomic E-state index is -1.34. The van der Waals surface area contributed by atoms with Crippen LogP contribution in [0, 0.1) is 30.3 Å². The summed E-state index contributed by atoms with van der Waals surface area (Å²) in [5.41, 5.74) is 1.77. The summed E-state index contributed by atoms with van der Waals surface area (Å²) in [6, 6.07) is 9.30. The second-order valence-electron chi connectivity index (χ2n) is 4.08. The molecule has 2 aromatic carbocycles. The summed E-state index contributed by atoms with van der Waals surface area (Å²) in [6.45, 7) is 3.71. The molecule has 1 nitrogen and oxygen atoms in total. The van der Waals surface area contributed by atoms with Gasteiger partial charge in [0.05, 0.1) is 4.90 Å². The fourth-order valence-electron chi connectivity index (χ4n) is 1.90. The lowest BCUT2D eigenvalue weighted by Crippen LogP contribution is -2.02. The molecule has 0 bridgehead atoms. The molecule has 1 atom stereocenters. The summed E-state index contributed by atoms with van der Waals surface area (Å²) in [7, 11) is -1.34. The van der Waals surface area contributed by atoms with Gasteiger partial charge in [0.15, 0.2) is 0 Å². The fraction of sp³-hybridized carbons (Fsp3) is 0.143. The largest absolute Gasteiger partial charge is 0.271 e. The van der Waals surface area contributed by atoms with Crippen molar-refractivity contribution in [1.29, 1.82) is 4.78 Å². The lowest BCUT2D eigenvalue weighted by Gasteiger charge is -2.13. The Morgan fingerprint density at radius 1 is 0.833 bits per heavy atom. The van der Waals surface area contributed by atoms with Crippen LogP contribution in [0.4, 0.5) is 8.78 Å². The molecule has 0 aromatic heterocycles. The van der Waals surface area contributed by atoms with Crippen LogP contribution in [0.3, 0.4) is 0 Å². The number of hydrogen-bond donors (Lipinski definition) is 1. The average molecular weight is 265 g/mol. The van der Waals surface area contributed by atoms with Gasteiger partial charge >= 0.3 is 0 Å². The van der Waals surface area contributed by atoms with Gasteiger partial charge in [0.1, 0.15) is 11.6 Å². The minimum Gasteiger partial charge on any atom is -0.271 e. The highest BCUT2D eigenvalue weighted by molar-refractivity contribution is 7.86. The molecule has 1 unspecified atom stereocenters. The fourth-order valence-corrected chi connectivity index (χ4v) is 3.41. The second kappa shape index (κ2) is 4.98. The Labute approximate surface area is 107 Å². The van der Waals surface area contributed by atoms with E-state index < -0.39 is 22.3 Å². The highest BCUT2D eigenvalue weighted by Crippen LogP contribution is 2.27. The molecule has 0 saturated heterocycles. The highest BCUT2D eigenvalue weighted by atomic mass is 32.2. The van der Waals surface area contributed by atoms with E-state index in [1.54, 1.807) is 0 Å². The molecule has 0 aliphatic heterocycles. The van der Waals surface area contributed by atoms with Gasteiger partial charge in [-0.05, 0) is 47.8 Å². The first-order chi connectivity index (χ1) is 8.52. The molecule has 0 amide bonds. The van der Waals surface area contributed by atoms with Crippen LogP contribution in [-0.4, -0.2) is 0 Å². The van der Waals surface area contributed by atoms with Gasteiger partial charge in [-0.1, -0.05) is 24.3 Å². The van der Waals surface area contributed by atoms with Gasteiger partial charge < -0.3 is 0 Å². The van der Waals surface area contributed by atoms with E-state index in [2.05, 4.69) is 0 Å². The van der Waals surface area contributed by atoms with Crippen molar-refractivity contribution in [2.24, 2.45) is 0 Å². The molecule has 4 heteroatoms. The van der Waals surface area contributed by atoms with Gasteiger partial charge in [-0.3, -0.25) is 4.78 Å². The van der Waals surface area contributed by atoms with E-state index in [1.165, 1.54) is 18.2 Å². The third-order valence-corrected chi connectivity index (χ3v) is 4.59. The molecule has 2 aromatic rings. The summed E-state index contributed by atoms with van der Waals surface area (Å²) in [5.74, 6) is -1.31. The van der Waals surface area contributed by atoms with Crippen LogP contribution in [0.2, 0.25) is 0 Å². The second-order valence-corrected chi connectivity index (χ2v) is 5.51. The van der Waals surface area contributed by atoms with Crippen LogP contribution in [0.1, 0.15) is 11.1 Å². The van der Waals surface area contributed by atoms with Crippen LogP contribution in [0.5, 0.6) is 0 Å². The van der Waals surface area contributed by atoms with Crippen molar-refractivity contribution in [3.05, 3.63) is 59.2 Å². The first-order valence-corrected chi connectivity index (χ1v) is 6.70. The normalized spacial score (nSPS) is 12.4. The number of nitrogens with one attached hydrogen (secondary N) is 1. The van der Waals surface area contributed by atoms with Crippen LogP contribution < -0.4 is 0 Å². The number of aryl methyl sites for hydroxylation is 2. The standard InChI is InChI=1S/C14H13F2NS/c1-9-5-3-6-10(2)13(9)18(17)14-11(15)7-4-8-12(14)16/h3-8,17H,1-2H3. The van der Waals surface area contributed by atoms with E-state index in [4.69, 9.17) is 4.78 Å². The Morgan fingerprint density at radius 2 is 1.28 bits per heavy atom. The zero-order valence-electron chi connectivity index (χ0n) is 10.1. The Kier molecular flexibility index (Phi) is 3.57. The SMILES string of the molecule is Cc1cccc(C)c1S(=N)c1c(F)cccc1F. The molecule has 94 valence electrons. The van der Waals surface area contributed by atoms with E-state index in [0.717, 1.165) is 11.1 Å². The predicted octanol–water partition coefficient (Wildman–Crippen LogP) is 4.38. The van der Waals surface area contributed by atoms with Crippen LogP contribution >= 0.6 is 0 Å². The third kappa shape index (κ3) is 2.20. The number of benzene rings is 2. The Morgan fingerprint density at radius 3 is 1.78 bits per heavy atom. The van der Waals surface area contributed by atoms with Gasteiger partial charge in [0, 0.05) is 4.90 Å². The van der Waals surface area contributed by atoms with Gasteiger partial charge in [0.25, 0.3) is 0 Å². The van der Waals surface area contributed by atoms with E-state index in [9.17, 15) is 8.78 Å². The molecule has 2 rings (SSSR count). The molecule has 0 radical (unpaired) electrons. The van der Waals surface area contributed by atoms with Crippen LogP contribution in [-0.2, 0) is 10.7 Å². The summed E-state index contributed by atoms with van der Waals surface area (Å²) in [6.07, 6.45) is 0. The Bertz CT molecular complexity index is 529. The molecule has 0 spiro atoms. The van der Waals surface area contributed by atoms with E-state index in [1.807, 2.05) is 32.0 Å². The summed E-state index contributed by atoms with van der Waals surface area (Å²) < 4.78 is 35.6. The molecule has 0 aliphatic carbocycles. The first-order valence-electron chi connectivity index (χ1n) is 5.48. The predicted molar refractivity (Wildman–Crippen MR) is 68.9 cm³/mol. The molecular formula is C14H13F2NS.